The van der Waals surface area contributed by atoms with E-state index in [1.165, 1.54) is 19.1 Å². The number of amides is 1. The van der Waals surface area contributed by atoms with E-state index in [0.717, 1.165) is 16.3 Å². The average Bonchev–Trinajstić information content (AvgIpc) is 3.22. The van der Waals surface area contributed by atoms with E-state index in [0.29, 0.717) is 5.70 Å². The SMILES string of the molecule is CCOC(=O)C1=C(C(=O)OCC)C(OC)=C(N(Cc2cccc3ccccc23)C(=O)OC)C1. The van der Waals surface area contributed by atoms with E-state index in [1.807, 2.05) is 42.5 Å². The molecule has 0 fully saturated rings. The van der Waals surface area contributed by atoms with Crippen LogP contribution in [0.5, 0.6) is 0 Å². The van der Waals surface area contributed by atoms with E-state index in [2.05, 4.69) is 0 Å². The molecular formula is C25H27NO7. The molecule has 8 heteroatoms. The van der Waals surface area contributed by atoms with Crippen LogP contribution in [0, 0.1) is 0 Å². The first-order valence-electron chi connectivity index (χ1n) is 10.6. The zero-order valence-electron chi connectivity index (χ0n) is 19.2. The molecule has 0 aromatic heterocycles. The van der Waals surface area contributed by atoms with Crippen molar-refractivity contribution in [3.63, 3.8) is 0 Å². The minimum atomic E-state index is -0.720. The van der Waals surface area contributed by atoms with Gasteiger partial charge >= 0.3 is 18.0 Å². The number of carbonyl (C=O) groups is 3. The van der Waals surface area contributed by atoms with Crippen molar-refractivity contribution in [2.24, 2.45) is 0 Å². The molecule has 1 aliphatic carbocycles. The van der Waals surface area contributed by atoms with Crippen molar-refractivity contribution in [2.75, 3.05) is 27.4 Å². The highest BCUT2D eigenvalue weighted by molar-refractivity contribution is 6.05. The molecule has 3 rings (SSSR count). The molecule has 0 N–H and O–H groups in total. The number of rotatable bonds is 8. The smallest absolute Gasteiger partial charge is 0.414 e. The fourth-order valence-corrected chi connectivity index (χ4v) is 3.85. The van der Waals surface area contributed by atoms with Gasteiger partial charge in [-0.3, -0.25) is 4.90 Å². The van der Waals surface area contributed by atoms with Crippen molar-refractivity contribution in [1.29, 1.82) is 0 Å². The first kappa shape index (κ1) is 23.8. The lowest BCUT2D eigenvalue weighted by Crippen LogP contribution is -2.30. The molecule has 2 aromatic carbocycles. The van der Waals surface area contributed by atoms with Gasteiger partial charge in [0.25, 0.3) is 0 Å². The lowest BCUT2D eigenvalue weighted by Gasteiger charge is -2.24. The Morgan fingerprint density at radius 2 is 1.58 bits per heavy atom. The maximum Gasteiger partial charge on any atom is 0.414 e. The molecule has 0 aliphatic heterocycles. The first-order valence-corrected chi connectivity index (χ1v) is 10.6. The minimum Gasteiger partial charge on any atom is -0.494 e. The van der Waals surface area contributed by atoms with E-state index in [1.54, 1.807) is 13.8 Å². The second-order valence-electron chi connectivity index (χ2n) is 7.15. The number of esters is 2. The molecule has 0 bridgehead atoms. The van der Waals surface area contributed by atoms with Crippen LogP contribution in [-0.2, 0) is 35.1 Å². The van der Waals surface area contributed by atoms with Crippen LogP contribution in [0.15, 0.2) is 65.1 Å². The lowest BCUT2D eigenvalue weighted by atomic mass is 10.0. The molecule has 8 nitrogen and oxygen atoms in total. The minimum absolute atomic E-state index is 0.0420. The Morgan fingerprint density at radius 3 is 2.24 bits per heavy atom. The summed E-state index contributed by atoms with van der Waals surface area (Å²) in [5.74, 6) is -1.30. The number of ether oxygens (including phenoxy) is 4. The number of benzene rings is 2. The van der Waals surface area contributed by atoms with Crippen molar-refractivity contribution < 1.29 is 33.3 Å². The summed E-state index contributed by atoms with van der Waals surface area (Å²) in [6.07, 6.45) is -0.698. The molecule has 174 valence electrons. The fraction of sp³-hybridized carbons (Fsp3) is 0.320. The predicted octanol–water partition coefficient (Wildman–Crippen LogP) is 4.09. The van der Waals surface area contributed by atoms with E-state index in [9.17, 15) is 14.4 Å². The van der Waals surface area contributed by atoms with E-state index in [4.69, 9.17) is 18.9 Å². The van der Waals surface area contributed by atoms with Crippen molar-refractivity contribution in [1.82, 2.24) is 4.90 Å². The Bertz CT molecular complexity index is 1130. The molecule has 33 heavy (non-hydrogen) atoms. The van der Waals surface area contributed by atoms with Gasteiger partial charge in [0, 0.05) is 6.42 Å². The number of fused-ring (bicyclic) bond motifs is 1. The monoisotopic (exact) mass is 453 g/mol. The first-order chi connectivity index (χ1) is 16.0. The van der Waals surface area contributed by atoms with Gasteiger partial charge in [0.05, 0.1) is 45.2 Å². The molecule has 1 amide bonds. The molecule has 0 atom stereocenters. The number of carbonyl (C=O) groups excluding carboxylic acids is 3. The van der Waals surface area contributed by atoms with Gasteiger partial charge in [0.2, 0.25) is 0 Å². The quantitative estimate of drug-likeness (QED) is 0.439. The van der Waals surface area contributed by atoms with Gasteiger partial charge in [-0.1, -0.05) is 42.5 Å². The zero-order valence-corrected chi connectivity index (χ0v) is 19.2. The van der Waals surface area contributed by atoms with E-state index >= 15 is 0 Å². The molecule has 0 spiro atoms. The summed E-state index contributed by atoms with van der Waals surface area (Å²) in [5.41, 5.74) is 1.22. The van der Waals surface area contributed by atoms with E-state index < -0.39 is 18.0 Å². The van der Waals surface area contributed by atoms with Crippen molar-refractivity contribution >= 4 is 28.8 Å². The second kappa shape index (κ2) is 10.7. The van der Waals surface area contributed by atoms with Crippen molar-refractivity contribution in [3.8, 4) is 0 Å². The van der Waals surface area contributed by atoms with Crippen LogP contribution < -0.4 is 0 Å². The number of methoxy groups -OCH3 is 2. The van der Waals surface area contributed by atoms with Gasteiger partial charge in [0.1, 0.15) is 5.57 Å². The molecule has 1 aliphatic rings. The van der Waals surface area contributed by atoms with Crippen LogP contribution in [0.4, 0.5) is 4.79 Å². The van der Waals surface area contributed by atoms with Crippen LogP contribution in [0.25, 0.3) is 10.8 Å². The van der Waals surface area contributed by atoms with E-state index in [-0.39, 0.29) is 43.1 Å². The predicted molar refractivity (Wildman–Crippen MR) is 121 cm³/mol. The summed E-state index contributed by atoms with van der Waals surface area (Å²) in [4.78, 5) is 39.6. The topological polar surface area (TPSA) is 91.4 Å². The summed E-state index contributed by atoms with van der Waals surface area (Å²) in [5, 5.41) is 1.99. The number of hydrogen-bond acceptors (Lipinski definition) is 7. The summed E-state index contributed by atoms with van der Waals surface area (Å²) in [6.45, 7) is 3.72. The molecular weight excluding hydrogens is 426 g/mol. The second-order valence-corrected chi connectivity index (χ2v) is 7.15. The molecule has 0 saturated carbocycles. The Balaban J connectivity index is 2.10. The van der Waals surface area contributed by atoms with Gasteiger partial charge in [-0.05, 0) is 30.2 Å². The molecule has 0 unspecified atom stereocenters. The van der Waals surface area contributed by atoms with Crippen LogP contribution in [0.1, 0.15) is 25.8 Å². The van der Waals surface area contributed by atoms with Gasteiger partial charge in [-0.2, -0.15) is 0 Å². The van der Waals surface area contributed by atoms with Gasteiger partial charge in [0.15, 0.2) is 5.76 Å². The highest BCUT2D eigenvalue weighted by Crippen LogP contribution is 2.38. The number of hydrogen-bond donors (Lipinski definition) is 0. The number of allylic oxidation sites excluding steroid dienone is 1. The van der Waals surface area contributed by atoms with Gasteiger partial charge in [-0.15, -0.1) is 0 Å². The lowest BCUT2D eigenvalue weighted by molar-refractivity contribution is -0.141. The third-order valence-electron chi connectivity index (χ3n) is 5.27. The third kappa shape index (κ3) is 4.84. The summed E-state index contributed by atoms with van der Waals surface area (Å²) in [7, 11) is 2.64. The van der Waals surface area contributed by atoms with Crippen molar-refractivity contribution in [3.05, 3.63) is 70.6 Å². The van der Waals surface area contributed by atoms with Gasteiger partial charge < -0.3 is 18.9 Å². The van der Waals surface area contributed by atoms with Crippen LogP contribution in [-0.4, -0.2) is 50.4 Å². The standard InChI is InChI=1S/C25H27NO7/c1-5-32-23(27)19-14-20(22(30-3)21(19)24(28)33-6-2)26(25(29)31-4)15-17-12-9-11-16-10-7-8-13-18(16)17/h7-13H,5-6,14-15H2,1-4H3. The number of nitrogens with zero attached hydrogens (tertiary/aromatic N) is 1. The van der Waals surface area contributed by atoms with Crippen molar-refractivity contribution in [2.45, 2.75) is 26.8 Å². The summed E-state index contributed by atoms with van der Waals surface area (Å²) < 4.78 is 20.9. The Kier molecular flexibility index (Phi) is 7.71. The zero-order chi connectivity index (χ0) is 24.0. The third-order valence-corrected chi connectivity index (χ3v) is 5.27. The van der Waals surface area contributed by atoms with Crippen LogP contribution in [0.3, 0.4) is 0 Å². The molecule has 0 radical (unpaired) electrons. The average molecular weight is 453 g/mol. The summed E-state index contributed by atoms with van der Waals surface area (Å²) in [6, 6.07) is 13.6. The highest BCUT2D eigenvalue weighted by atomic mass is 16.5. The fourth-order valence-electron chi connectivity index (χ4n) is 3.85. The maximum atomic E-state index is 12.9. The largest absolute Gasteiger partial charge is 0.494 e. The Morgan fingerprint density at radius 1 is 0.909 bits per heavy atom. The maximum absolute atomic E-state index is 12.9. The summed E-state index contributed by atoms with van der Waals surface area (Å²) >= 11 is 0. The highest BCUT2D eigenvalue weighted by Gasteiger charge is 2.39. The van der Waals surface area contributed by atoms with Crippen LogP contribution in [0.2, 0.25) is 0 Å². The normalized spacial score (nSPS) is 13.2. The Labute approximate surface area is 192 Å². The molecule has 2 aromatic rings. The Hall–Kier alpha value is -3.81. The van der Waals surface area contributed by atoms with Crippen LogP contribution >= 0.6 is 0 Å². The van der Waals surface area contributed by atoms with Gasteiger partial charge in [-0.25, -0.2) is 14.4 Å². The molecule has 0 heterocycles. The molecule has 0 saturated heterocycles.